The summed E-state index contributed by atoms with van der Waals surface area (Å²) in [5.74, 6) is -0.476. The molecule has 0 radical (unpaired) electrons. The van der Waals surface area contributed by atoms with Gasteiger partial charge in [-0.3, -0.25) is 14.5 Å². The molecule has 2 aliphatic heterocycles. The Labute approximate surface area is 203 Å². The molecule has 2 aromatic heterocycles. The number of β-amino-alcohol motifs (C(OH)–C–C–N with tert-alkyl or cyclic N) is 1. The molecule has 1 saturated heterocycles. The topological polar surface area (TPSA) is 119 Å². The monoisotopic (exact) mass is 475 g/mol. The van der Waals surface area contributed by atoms with Crippen molar-refractivity contribution in [3.63, 3.8) is 0 Å². The van der Waals surface area contributed by atoms with Crippen LogP contribution in [0.3, 0.4) is 0 Å². The van der Waals surface area contributed by atoms with E-state index in [1.54, 1.807) is 11.0 Å². The number of hydrogen-bond donors (Lipinski definition) is 3. The number of aliphatic hydroxyl groups is 1. The lowest BCUT2D eigenvalue weighted by Gasteiger charge is -2.25. The van der Waals surface area contributed by atoms with Gasteiger partial charge in [0.25, 0.3) is 5.91 Å². The summed E-state index contributed by atoms with van der Waals surface area (Å²) in [6.45, 7) is 2.56. The number of benzene rings is 1. The molecule has 9 heteroatoms. The quantitative estimate of drug-likeness (QED) is 0.428. The van der Waals surface area contributed by atoms with Gasteiger partial charge in [-0.1, -0.05) is 6.07 Å². The number of fused-ring (bicyclic) bond motifs is 2. The minimum atomic E-state index is -0.690. The Kier molecular flexibility index (Phi) is 6.36. The number of rotatable bonds is 8. The number of likely N-dealkylation sites (tertiary alicyclic amines) is 1. The maximum Gasteiger partial charge on any atom is 0.255 e. The number of hydrogen-bond acceptors (Lipinski definition) is 6. The van der Waals surface area contributed by atoms with E-state index in [4.69, 9.17) is 4.98 Å². The molecule has 2 aliphatic rings. The third kappa shape index (κ3) is 4.44. The number of aldehydes is 1. The summed E-state index contributed by atoms with van der Waals surface area (Å²) in [4.78, 5) is 48.2. The standard InChI is InChI=1S/C26H29N5O4/c1-27-25(34)23(3-2-10-32)31-14-17-11-16(4-5-21(17)26(31)35)22-12-18(13-30-9-7-19(33)15-30)20-6-8-28-24(20)29-22/h4-6,8,10-12,19,23,33H,2-3,7,9,13-15H2,1H3,(H,27,34)(H,28,29). The van der Waals surface area contributed by atoms with E-state index < -0.39 is 6.04 Å². The molecule has 0 aliphatic carbocycles. The van der Waals surface area contributed by atoms with Crippen molar-refractivity contribution in [3.05, 3.63) is 53.2 Å². The molecule has 0 saturated carbocycles. The Morgan fingerprint density at radius 3 is 2.94 bits per heavy atom. The first-order valence-corrected chi connectivity index (χ1v) is 12.0. The van der Waals surface area contributed by atoms with Gasteiger partial charge < -0.3 is 25.1 Å². The molecule has 9 nitrogen and oxygen atoms in total. The van der Waals surface area contributed by atoms with Crippen LogP contribution in [0.4, 0.5) is 0 Å². The fraction of sp³-hybridized carbons (Fsp3) is 0.385. The summed E-state index contributed by atoms with van der Waals surface area (Å²) in [5.41, 5.74) is 5.02. The van der Waals surface area contributed by atoms with Gasteiger partial charge in [-0.05, 0) is 48.2 Å². The average molecular weight is 476 g/mol. The van der Waals surface area contributed by atoms with E-state index in [-0.39, 0.29) is 30.8 Å². The molecule has 35 heavy (non-hydrogen) atoms. The van der Waals surface area contributed by atoms with E-state index >= 15 is 0 Å². The number of nitrogens with zero attached hydrogens (tertiary/aromatic N) is 3. The van der Waals surface area contributed by atoms with E-state index in [0.29, 0.717) is 18.7 Å². The summed E-state index contributed by atoms with van der Waals surface area (Å²) in [7, 11) is 1.53. The van der Waals surface area contributed by atoms with Gasteiger partial charge in [-0.2, -0.15) is 0 Å². The lowest BCUT2D eigenvalue weighted by atomic mass is 10.0. The first kappa shape index (κ1) is 23.2. The summed E-state index contributed by atoms with van der Waals surface area (Å²) >= 11 is 0. The number of likely N-dealkylation sites (N-methyl/N-ethyl adjacent to an activating group) is 1. The maximum absolute atomic E-state index is 13.1. The van der Waals surface area contributed by atoms with Crippen molar-refractivity contribution >= 4 is 29.1 Å². The van der Waals surface area contributed by atoms with Crippen LogP contribution in [0.25, 0.3) is 22.3 Å². The summed E-state index contributed by atoms with van der Waals surface area (Å²) in [6, 6.07) is 9.06. The Balaban J connectivity index is 1.45. The van der Waals surface area contributed by atoms with E-state index in [9.17, 15) is 19.5 Å². The highest BCUT2D eigenvalue weighted by molar-refractivity contribution is 6.01. The zero-order chi connectivity index (χ0) is 24.5. The van der Waals surface area contributed by atoms with Crippen LogP contribution < -0.4 is 5.32 Å². The van der Waals surface area contributed by atoms with Gasteiger partial charge >= 0.3 is 0 Å². The van der Waals surface area contributed by atoms with Crippen LogP contribution >= 0.6 is 0 Å². The average Bonchev–Trinajstić information content (AvgIpc) is 3.58. The third-order valence-corrected chi connectivity index (χ3v) is 6.97. The van der Waals surface area contributed by atoms with Crippen molar-refractivity contribution < 1.29 is 19.5 Å². The fourth-order valence-corrected chi connectivity index (χ4v) is 5.16. The Morgan fingerprint density at radius 1 is 1.34 bits per heavy atom. The molecule has 1 fully saturated rings. The first-order chi connectivity index (χ1) is 17.0. The molecular weight excluding hydrogens is 446 g/mol. The normalized spacial score (nSPS) is 18.7. The highest BCUT2D eigenvalue weighted by atomic mass is 16.3. The van der Waals surface area contributed by atoms with Gasteiger partial charge in [0.15, 0.2) is 0 Å². The second kappa shape index (κ2) is 9.59. The molecule has 1 aromatic carbocycles. The molecule has 0 spiro atoms. The fourth-order valence-electron chi connectivity index (χ4n) is 5.16. The van der Waals surface area contributed by atoms with Crippen LogP contribution in [-0.2, 0) is 22.7 Å². The summed E-state index contributed by atoms with van der Waals surface area (Å²) in [5, 5.41) is 13.6. The number of amides is 2. The molecule has 3 aromatic rings. The Bertz CT molecular complexity index is 1290. The number of aromatic amines is 1. The van der Waals surface area contributed by atoms with Gasteiger partial charge in [-0.25, -0.2) is 4.98 Å². The van der Waals surface area contributed by atoms with Crippen LogP contribution in [0.15, 0.2) is 36.5 Å². The van der Waals surface area contributed by atoms with Gasteiger partial charge in [0, 0.05) is 62.4 Å². The number of carbonyl (C=O) groups excluding carboxylic acids is 3. The van der Waals surface area contributed by atoms with Gasteiger partial charge in [0.1, 0.15) is 18.0 Å². The summed E-state index contributed by atoms with van der Waals surface area (Å²) in [6.07, 6.45) is 3.65. The molecule has 0 bridgehead atoms. The van der Waals surface area contributed by atoms with E-state index in [2.05, 4.69) is 21.3 Å². The van der Waals surface area contributed by atoms with Crippen molar-refractivity contribution in [2.24, 2.45) is 0 Å². The molecule has 182 valence electrons. The zero-order valence-electron chi connectivity index (χ0n) is 19.7. The van der Waals surface area contributed by atoms with Crippen LogP contribution in [0.2, 0.25) is 0 Å². The number of carbonyl (C=O) groups is 3. The van der Waals surface area contributed by atoms with Crippen molar-refractivity contribution in [1.82, 2.24) is 25.1 Å². The smallest absolute Gasteiger partial charge is 0.255 e. The molecular formula is C26H29N5O4. The van der Waals surface area contributed by atoms with Crippen molar-refractivity contribution in [2.75, 3.05) is 20.1 Å². The molecule has 2 amide bonds. The lowest BCUT2D eigenvalue weighted by Crippen LogP contribution is -2.46. The second-order valence-corrected chi connectivity index (χ2v) is 9.26. The van der Waals surface area contributed by atoms with E-state index in [0.717, 1.165) is 59.2 Å². The van der Waals surface area contributed by atoms with Crippen LogP contribution in [0.5, 0.6) is 0 Å². The first-order valence-electron chi connectivity index (χ1n) is 12.0. The lowest BCUT2D eigenvalue weighted by molar-refractivity contribution is -0.125. The predicted octanol–water partition coefficient (Wildman–Crippen LogP) is 1.85. The minimum Gasteiger partial charge on any atom is -0.392 e. The number of pyridine rings is 1. The van der Waals surface area contributed by atoms with Crippen LogP contribution in [0, 0.1) is 0 Å². The zero-order valence-corrected chi connectivity index (χ0v) is 19.7. The van der Waals surface area contributed by atoms with Crippen LogP contribution in [0.1, 0.15) is 40.7 Å². The number of nitrogens with one attached hydrogen (secondary N) is 2. The van der Waals surface area contributed by atoms with Crippen molar-refractivity contribution in [3.8, 4) is 11.3 Å². The largest absolute Gasteiger partial charge is 0.392 e. The Hall–Kier alpha value is -3.56. The Morgan fingerprint density at radius 2 is 2.20 bits per heavy atom. The summed E-state index contributed by atoms with van der Waals surface area (Å²) < 4.78 is 0. The molecule has 5 rings (SSSR count). The highest BCUT2D eigenvalue weighted by Gasteiger charge is 2.36. The van der Waals surface area contributed by atoms with Gasteiger partial charge in [0.2, 0.25) is 5.91 Å². The van der Waals surface area contributed by atoms with E-state index in [1.807, 2.05) is 24.4 Å². The SMILES string of the molecule is CNC(=O)C(CCC=O)N1Cc2cc(-c3cc(CN4CCC(O)C4)c4cc[nH]c4n3)ccc2C1=O. The second-order valence-electron chi connectivity index (χ2n) is 9.26. The van der Waals surface area contributed by atoms with Crippen molar-refractivity contribution in [2.45, 2.75) is 44.5 Å². The molecule has 4 heterocycles. The van der Waals surface area contributed by atoms with E-state index in [1.165, 1.54) is 7.05 Å². The van der Waals surface area contributed by atoms with Crippen molar-refractivity contribution in [1.29, 1.82) is 0 Å². The predicted molar refractivity (Wildman–Crippen MR) is 130 cm³/mol. The molecule has 2 atom stereocenters. The number of aliphatic hydroxyl groups excluding tert-OH is 1. The van der Waals surface area contributed by atoms with Gasteiger partial charge in [-0.15, -0.1) is 0 Å². The number of aromatic nitrogens is 2. The van der Waals surface area contributed by atoms with Gasteiger partial charge in [0.05, 0.1) is 11.8 Å². The molecule has 2 unspecified atom stereocenters. The number of H-pyrrole nitrogens is 1. The van der Waals surface area contributed by atoms with Crippen LogP contribution in [-0.4, -0.2) is 75.3 Å². The third-order valence-electron chi connectivity index (χ3n) is 6.97. The highest BCUT2D eigenvalue weighted by Crippen LogP contribution is 2.32. The minimum absolute atomic E-state index is 0.202. The molecule has 3 N–H and O–H groups in total. The maximum atomic E-state index is 13.1.